The van der Waals surface area contributed by atoms with Crippen molar-refractivity contribution in [1.82, 2.24) is 13.9 Å². The highest BCUT2D eigenvalue weighted by atomic mass is 32.2. The number of aryl methyl sites for hydroxylation is 1. The minimum atomic E-state index is -3.72. The number of carbonyl (C=O) groups is 1. The van der Waals surface area contributed by atoms with Gasteiger partial charge in [-0.3, -0.25) is 4.79 Å². The van der Waals surface area contributed by atoms with Crippen molar-refractivity contribution in [3.8, 4) is 0 Å². The Morgan fingerprint density at radius 3 is 2.57 bits per heavy atom. The number of hydrogen-bond donors (Lipinski definition) is 1. The Bertz CT molecular complexity index is 911. The standard InChI is InChI=1S/C20H28N4O3S/c1-3-4-10-16(20(21)25)18-12-24(11-17(18)15-8-6-5-7-9-15)28(26,27)19-13-23(2)14-22-19/h5-9,13-14,16-18H,3-4,10-12H2,1-2H3,(H2,21,25). The van der Waals surface area contributed by atoms with Crippen LogP contribution in [0.4, 0.5) is 0 Å². The first-order chi connectivity index (χ1) is 13.3. The molecule has 0 spiro atoms. The van der Waals surface area contributed by atoms with Crippen LogP contribution in [-0.4, -0.2) is 41.3 Å². The third-order valence-corrected chi connectivity index (χ3v) is 7.31. The number of carbonyl (C=O) groups excluding carboxylic acids is 1. The van der Waals surface area contributed by atoms with Gasteiger partial charge in [0.05, 0.1) is 6.33 Å². The maximum atomic E-state index is 13.1. The number of nitrogens with zero attached hydrogens (tertiary/aromatic N) is 3. The Kier molecular flexibility index (Phi) is 6.20. The Labute approximate surface area is 166 Å². The minimum absolute atomic E-state index is 0.0339. The number of rotatable bonds is 8. The molecule has 1 aromatic carbocycles. The van der Waals surface area contributed by atoms with Gasteiger partial charge in [-0.15, -0.1) is 0 Å². The van der Waals surface area contributed by atoms with Crippen molar-refractivity contribution in [3.05, 3.63) is 48.4 Å². The molecule has 2 aromatic rings. The molecule has 8 heteroatoms. The Morgan fingerprint density at radius 2 is 2.00 bits per heavy atom. The lowest BCUT2D eigenvalue weighted by atomic mass is 9.77. The summed E-state index contributed by atoms with van der Waals surface area (Å²) in [5.74, 6) is -0.926. The van der Waals surface area contributed by atoms with Crippen LogP contribution >= 0.6 is 0 Å². The molecule has 0 saturated carbocycles. The second kappa shape index (κ2) is 8.45. The maximum absolute atomic E-state index is 13.1. The third-order valence-electron chi connectivity index (χ3n) is 5.60. The molecular weight excluding hydrogens is 376 g/mol. The first kappa shape index (κ1) is 20.5. The molecule has 1 amide bonds. The average Bonchev–Trinajstić information content (AvgIpc) is 3.30. The number of unbranched alkanes of at least 4 members (excludes halogenated alkanes) is 1. The van der Waals surface area contributed by atoms with Crippen LogP contribution in [0.3, 0.4) is 0 Å². The largest absolute Gasteiger partial charge is 0.369 e. The van der Waals surface area contributed by atoms with Gasteiger partial charge in [0.2, 0.25) is 5.91 Å². The SMILES string of the molecule is CCCCC(C(N)=O)C1CN(S(=O)(=O)c2cn(C)cn2)CC1c1ccccc1. The van der Waals surface area contributed by atoms with Gasteiger partial charge >= 0.3 is 0 Å². The lowest BCUT2D eigenvalue weighted by Crippen LogP contribution is -2.35. The lowest BCUT2D eigenvalue weighted by molar-refractivity contribution is -0.123. The smallest absolute Gasteiger partial charge is 0.262 e. The number of nitrogens with two attached hydrogens (primary N) is 1. The molecule has 2 heterocycles. The molecule has 28 heavy (non-hydrogen) atoms. The normalized spacial score (nSPS) is 21.6. The van der Waals surface area contributed by atoms with E-state index in [0.29, 0.717) is 13.0 Å². The summed E-state index contributed by atoms with van der Waals surface area (Å²) in [7, 11) is -1.99. The molecule has 0 radical (unpaired) electrons. The molecular formula is C20H28N4O3S. The van der Waals surface area contributed by atoms with Crippen LogP contribution in [0.15, 0.2) is 47.9 Å². The van der Waals surface area contributed by atoms with E-state index >= 15 is 0 Å². The summed E-state index contributed by atoms with van der Waals surface area (Å²) in [6.07, 6.45) is 5.50. The van der Waals surface area contributed by atoms with Gasteiger partial charge in [0, 0.05) is 38.2 Å². The molecule has 1 aliphatic rings. The van der Waals surface area contributed by atoms with E-state index in [1.54, 1.807) is 11.6 Å². The first-order valence-corrected chi connectivity index (χ1v) is 11.1. The summed E-state index contributed by atoms with van der Waals surface area (Å²) < 4.78 is 29.3. The summed E-state index contributed by atoms with van der Waals surface area (Å²) in [5, 5.41) is 0.0339. The van der Waals surface area contributed by atoms with Crippen molar-refractivity contribution in [2.24, 2.45) is 24.6 Å². The molecule has 152 valence electrons. The van der Waals surface area contributed by atoms with Crippen molar-refractivity contribution in [1.29, 1.82) is 0 Å². The van der Waals surface area contributed by atoms with Gasteiger partial charge in [-0.1, -0.05) is 50.1 Å². The third kappa shape index (κ3) is 4.12. The molecule has 1 aliphatic heterocycles. The molecule has 1 aromatic heterocycles. The van der Waals surface area contributed by atoms with Crippen molar-refractivity contribution < 1.29 is 13.2 Å². The summed E-state index contributed by atoms with van der Waals surface area (Å²) in [6.45, 7) is 2.67. The predicted octanol–water partition coefficient (Wildman–Crippen LogP) is 2.12. The van der Waals surface area contributed by atoms with Crippen molar-refractivity contribution >= 4 is 15.9 Å². The van der Waals surface area contributed by atoms with Gasteiger partial charge in [-0.05, 0) is 17.9 Å². The van der Waals surface area contributed by atoms with Crippen LogP contribution < -0.4 is 5.73 Å². The van der Waals surface area contributed by atoms with Gasteiger partial charge in [0.25, 0.3) is 10.0 Å². The minimum Gasteiger partial charge on any atom is -0.369 e. The van der Waals surface area contributed by atoms with Crippen molar-refractivity contribution in [3.63, 3.8) is 0 Å². The number of sulfonamides is 1. The number of primary amides is 1. The van der Waals surface area contributed by atoms with E-state index in [0.717, 1.165) is 18.4 Å². The quantitative estimate of drug-likeness (QED) is 0.728. The fourth-order valence-electron chi connectivity index (χ4n) is 4.09. The summed E-state index contributed by atoms with van der Waals surface area (Å²) in [4.78, 5) is 16.3. The number of benzene rings is 1. The molecule has 1 fully saturated rings. The fraction of sp³-hybridized carbons (Fsp3) is 0.500. The molecule has 3 atom stereocenters. The summed E-state index contributed by atoms with van der Waals surface area (Å²) in [6, 6.07) is 9.79. The highest BCUT2D eigenvalue weighted by molar-refractivity contribution is 7.89. The van der Waals surface area contributed by atoms with Crippen LogP contribution in [0.1, 0.15) is 37.7 Å². The topological polar surface area (TPSA) is 98.3 Å². The lowest BCUT2D eigenvalue weighted by Gasteiger charge is -2.26. The first-order valence-electron chi connectivity index (χ1n) is 9.67. The fourth-order valence-corrected chi connectivity index (χ4v) is 5.56. The Balaban J connectivity index is 1.95. The second-order valence-corrected chi connectivity index (χ2v) is 9.42. The van der Waals surface area contributed by atoms with Gasteiger partial charge in [0.1, 0.15) is 0 Å². The molecule has 0 aliphatic carbocycles. The Hall–Kier alpha value is -2.19. The van der Waals surface area contributed by atoms with E-state index in [-0.39, 0.29) is 35.2 Å². The zero-order chi connectivity index (χ0) is 20.3. The van der Waals surface area contributed by atoms with Gasteiger partial charge in [-0.25, -0.2) is 13.4 Å². The van der Waals surface area contributed by atoms with E-state index in [2.05, 4.69) is 11.9 Å². The molecule has 7 nitrogen and oxygen atoms in total. The maximum Gasteiger partial charge on any atom is 0.262 e. The summed E-state index contributed by atoms with van der Waals surface area (Å²) >= 11 is 0. The predicted molar refractivity (Wildman–Crippen MR) is 107 cm³/mol. The highest BCUT2D eigenvalue weighted by Crippen LogP contribution is 2.41. The molecule has 2 N–H and O–H groups in total. The number of imidazole rings is 1. The van der Waals surface area contributed by atoms with Gasteiger partial charge in [-0.2, -0.15) is 4.31 Å². The number of hydrogen-bond acceptors (Lipinski definition) is 4. The van der Waals surface area contributed by atoms with Crippen LogP contribution in [0.2, 0.25) is 0 Å². The van der Waals surface area contributed by atoms with Crippen molar-refractivity contribution in [2.45, 2.75) is 37.1 Å². The Morgan fingerprint density at radius 1 is 1.29 bits per heavy atom. The molecule has 3 rings (SSSR count). The molecule has 0 bridgehead atoms. The zero-order valence-corrected chi connectivity index (χ0v) is 17.2. The average molecular weight is 405 g/mol. The van der Waals surface area contributed by atoms with Crippen LogP contribution in [0.5, 0.6) is 0 Å². The van der Waals surface area contributed by atoms with Gasteiger partial charge < -0.3 is 10.3 Å². The van der Waals surface area contributed by atoms with E-state index in [9.17, 15) is 13.2 Å². The van der Waals surface area contributed by atoms with Crippen molar-refractivity contribution in [2.75, 3.05) is 13.1 Å². The van der Waals surface area contributed by atoms with Crippen LogP contribution in [0, 0.1) is 11.8 Å². The van der Waals surface area contributed by atoms with E-state index in [4.69, 9.17) is 5.73 Å². The number of amides is 1. The van der Waals surface area contributed by atoms with Gasteiger partial charge in [0.15, 0.2) is 5.03 Å². The van der Waals surface area contributed by atoms with Crippen LogP contribution in [0.25, 0.3) is 0 Å². The second-order valence-electron chi connectivity index (χ2n) is 7.53. The molecule has 1 saturated heterocycles. The summed E-state index contributed by atoms with van der Waals surface area (Å²) in [5.41, 5.74) is 6.78. The highest BCUT2D eigenvalue weighted by Gasteiger charge is 2.45. The monoisotopic (exact) mass is 404 g/mol. The van der Waals surface area contributed by atoms with E-state index in [1.807, 2.05) is 30.3 Å². The van der Waals surface area contributed by atoms with E-state index in [1.165, 1.54) is 16.8 Å². The van der Waals surface area contributed by atoms with Crippen LogP contribution in [-0.2, 0) is 21.9 Å². The van der Waals surface area contributed by atoms with E-state index < -0.39 is 10.0 Å². The number of aromatic nitrogens is 2. The molecule has 3 unspecified atom stereocenters. The zero-order valence-electron chi connectivity index (χ0n) is 16.4.